The van der Waals surface area contributed by atoms with Gasteiger partial charge in [-0.15, -0.1) is 0 Å². The highest BCUT2D eigenvalue weighted by Gasteiger charge is 2.11. The Labute approximate surface area is 119 Å². The Kier molecular flexibility index (Phi) is 4.16. The summed E-state index contributed by atoms with van der Waals surface area (Å²) in [6.07, 6.45) is 0. The number of aryl methyl sites for hydroxylation is 1. The molecule has 0 fully saturated rings. The summed E-state index contributed by atoms with van der Waals surface area (Å²) in [5.74, 6) is 6.59. The van der Waals surface area contributed by atoms with Crippen LogP contribution in [0.2, 0.25) is 0 Å². The SMILES string of the molecule is Cc1nc(NN)c(C)c(Sc2ccc([N+](=O)[O-])cc2)n1. The number of nitrogens with two attached hydrogens (primary N) is 1. The Morgan fingerprint density at radius 3 is 2.45 bits per heavy atom. The largest absolute Gasteiger partial charge is 0.308 e. The first-order valence-corrected chi connectivity index (χ1v) is 6.57. The van der Waals surface area contributed by atoms with Gasteiger partial charge in [-0.2, -0.15) is 0 Å². The molecule has 0 aliphatic carbocycles. The third kappa shape index (κ3) is 3.03. The van der Waals surface area contributed by atoms with Gasteiger partial charge in [0.1, 0.15) is 16.7 Å². The molecule has 104 valence electrons. The number of benzene rings is 1. The predicted octanol–water partition coefficient (Wildman–Crippen LogP) is 2.44. The fraction of sp³-hybridized carbons (Fsp3) is 0.167. The predicted molar refractivity (Wildman–Crippen MR) is 76.5 cm³/mol. The second-order valence-corrected chi connectivity index (χ2v) is 5.11. The van der Waals surface area contributed by atoms with Crippen molar-refractivity contribution in [2.24, 2.45) is 5.84 Å². The number of anilines is 1. The third-order valence-corrected chi connectivity index (χ3v) is 3.71. The van der Waals surface area contributed by atoms with Crippen LogP contribution in [-0.4, -0.2) is 14.9 Å². The molecule has 0 saturated heterocycles. The van der Waals surface area contributed by atoms with Crippen molar-refractivity contribution in [1.82, 2.24) is 9.97 Å². The van der Waals surface area contributed by atoms with E-state index in [-0.39, 0.29) is 5.69 Å². The zero-order chi connectivity index (χ0) is 14.7. The van der Waals surface area contributed by atoms with Crippen molar-refractivity contribution >= 4 is 23.3 Å². The molecule has 2 rings (SSSR count). The standard InChI is InChI=1S/C12H13N5O2S/c1-7-11(16-13)14-8(2)15-12(7)20-10-5-3-9(4-6-10)17(18)19/h3-6H,13H2,1-2H3,(H,14,15,16). The van der Waals surface area contributed by atoms with E-state index in [9.17, 15) is 10.1 Å². The number of nitro groups is 1. The second kappa shape index (κ2) is 5.85. The smallest absolute Gasteiger partial charge is 0.269 e. The van der Waals surface area contributed by atoms with E-state index < -0.39 is 4.92 Å². The van der Waals surface area contributed by atoms with Crippen molar-refractivity contribution in [2.45, 2.75) is 23.8 Å². The lowest BCUT2D eigenvalue weighted by Crippen LogP contribution is -2.12. The van der Waals surface area contributed by atoms with E-state index in [0.717, 1.165) is 15.5 Å². The number of hydrogen-bond donors (Lipinski definition) is 2. The van der Waals surface area contributed by atoms with E-state index in [1.807, 2.05) is 6.92 Å². The summed E-state index contributed by atoms with van der Waals surface area (Å²) in [7, 11) is 0. The van der Waals surface area contributed by atoms with Crippen LogP contribution >= 0.6 is 11.8 Å². The van der Waals surface area contributed by atoms with Crippen LogP contribution in [0.25, 0.3) is 0 Å². The van der Waals surface area contributed by atoms with E-state index in [1.165, 1.54) is 23.9 Å². The minimum absolute atomic E-state index is 0.0641. The summed E-state index contributed by atoms with van der Waals surface area (Å²) >= 11 is 1.41. The van der Waals surface area contributed by atoms with E-state index in [0.29, 0.717) is 11.6 Å². The Bertz CT molecular complexity index is 645. The van der Waals surface area contributed by atoms with Gasteiger partial charge in [-0.05, 0) is 26.0 Å². The molecular weight excluding hydrogens is 278 g/mol. The highest BCUT2D eigenvalue weighted by molar-refractivity contribution is 7.99. The maximum absolute atomic E-state index is 10.6. The number of non-ortho nitro benzene ring substituents is 1. The minimum Gasteiger partial charge on any atom is -0.308 e. The van der Waals surface area contributed by atoms with Gasteiger partial charge in [0, 0.05) is 22.6 Å². The van der Waals surface area contributed by atoms with Crippen LogP contribution in [0.15, 0.2) is 34.2 Å². The molecule has 0 bridgehead atoms. The van der Waals surface area contributed by atoms with E-state index in [1.54, 1.807) is 19.1 Å². The Morgan fingerprint density at radius 2 is 1.90 bits per heavy atom. The lowest BCUT2D eigenvalue weighted by molar-refractivity contribution is -0.384. The molecule has 1 aromatic carbocycles. The molecule has 8 heteroatoms. The molecular formula is C12H13N5O2S. The summed E-state index contributed by atoms with van der Waals surface area (Å²) in [5.41, 5.74) is 3.43. The quantitative estimate of drug-likeness (QED) is 0.385. The Hall–Kier alpha value is -2.19. The number of nitrogen functional groups attached to an aromatic ring is 1. The molecule has 1 aromatic heterocycles. The van der Waals surface area contributed by atoms with Crippen LogP contribution in [-0.2, 0) is 0 Å². The molecule has 0 unspecified atom stereocenters. The fourth-order valence-corrected chi connectivity index (χ4v) is 2.51. The summed E-state index contributed by atoms with van der Waals surface area (Å²) in [4.78, 5) is 19.6. The Balaban J connectivity index is 2.30. The van der Waals surface area contributed by atoms with Crippen LogP contribution < -0.4 is 11.3 Å². The summed E-state index contributed by atoms with van der Waals surface area (Å²) < 4.78 is 0. The number of hydrazine groups is 1. The topological polar surface area (TPSA) is 107 Å². The van der Waals surface area contributed by atoms with Crippen LogP contribution in [0.1, 0.15) is 11.4 Å². The molecule has 0 spiro atoms. The second-order valence-electron chi connectivity index (χ2n) is 4.05. The van der Waals surface area contributed by atoms with Crippen LogP contribution in [0.3, 0.4) is 0 Å². The van der Waals surface area contributed by atoms with Crippen molar-refractivity contribution in [1.29, 1.82) is 0 Å². The van der Waals surface area contributed by atoms with E-state index in [4.69, 9.17) is 5.84 Å². The first kappa shape index (κ1) is 14.2. The molecule has 0 atom stereocenters. The minimum atomic E-state index is -0.426. The normalized spacial score (nSPS) is 10.3. The molecule has 0 saturated carbocycles. The van der Waals surface area contributed by atoms with Gasteiger partial charge in [0.05, 0.1) is 4.92 Å². The molecule has 2 aromatic rings. The first-order chi connectivity index (χ1) is 9.51. The van der Waals surface area contributed by atoms with Crippen LogP contribution in [0, 0.1) is 24.0 Å². The van der Waals surface area contributed by atoms with Gasteiger partial charge < -0.3 is 5.43 Å². The highest BCUT2D eigenvalue weighted by atomic mass is 32.2. The van der Waals surface area contributed by atoms with Crippen molar-refractivity contribution in [3.05, 3.63) is 45.8 Å². The Morgan fingerprint density at radius 1 is 1.25 bits per heavy atom. The lowest BCUT2D eigenvalue weighted by Gasteiger charge is -2.09. The van der Waals surface area contributed by atoms with Gasteiger partial charge in [-0.1, -0.05) is 11.8 Å². The molecule has 0 amide bonds. The summed E-state index contributed by atoms with van der Waals surface area (Å²) in [6.45, 7) is 3.64. The average molecular weight is 291 g/mol. The van der Waals surface area contributed by atoms with Crippen molar-refractivity contribution in [3.63, 3.8) is 0 Å². The zero-order valence-electron chi connectivity index (χ0n) is 11.0. The first-order valence-electron chi connectivity index (χ1n) is 5.75. The highest BCUT2D eigenvalue weighted by Crippen LogP contribution is 2.31. The summed E-state index contributed by atoms with van der Waals surface area (Å²) in [6, 6.07) is 6.31. The lowest BCUT2D eigenvalue weighted by atomic mass is 10.3. The van der Waals surface area contributed by atoms with Gasteiger partial charge >= 0.3 is 0 Å². The van der Waals surface area contributed by atoms with Crippen molar-refractivity contribution < 1.29 is 4.92 Å². The number of nitrogens with zero attached hydrogens (tertiary/aromatic N) is 3. The van der Waals surface area contributed by atoms with Crippen LogP contribution in [0.4, 0.5) is 11.5 Å². The van der Waals surface area contributed by atoms with Crippen molar-refractivity contribution in [3.8, 4) is 0 Å². The fourth-order valence-electron chi connectivity index (χ4n) is 1.59. The molecule has 0 aliphatic rings. The van der Waals surface area contributed by atoms with Gasteiger partial charge in [0.25, 0.3) is 5.69 Å². The van der Waals surface area contributed by atoms with Gasteiger partial charge in [0.15, 0.2) is 0 Å². The van der Waals surface area contributed by atoms with Crippen molar-refractivity contribution in [2.75, 3.05) is 5.43 Å². The van der Waals surface area contributed by atoms with E-state index >= 15 is 0 Å². The number of hydrogen-bond acceptors (Lipinski definition) is 7. The zero-order valence-corrected chi connectivity index (χ0v) is 11.8. The maximum atomic E-state index is 10.6. The van der Waals surface area contributed by atoms with Gasteiger partial charge in [-0.25, -0.2) is 15.8 Å². The van der Waals surface area contributed by atoms with Gasteiger partial charge in [0.2, 0.25) is 0 Å². The molecule has 0 radical (unpaired) electrons. The monoisotopic (exact) mass is 291 g/mol. The maximum Gasteiger partial charge on any atom is 0.269 e. The number of nitrogens with one attached hydrogen (secondary N) is 1. The number of aromatic nitrogens is 2. The third-order valence-electron chi connectivity index (χ3n) is 2.61. The molecule has 3 N–H and O–H groups in total. The van der Waals surface area contributed by atoms with Crippen LogP contribution in [0.5, 0.6) is 0 Å². The summed E-state index contributed by atoms with van der Waals surface area (Å²) in [5, 5.41) is 11.4. The molecule has 1 heterocycles. The molecule has 20 heavy (non-hydrogen) atoms. The number of rotatable bonds is 4. The average Bonchev–Trinajstić information content (AvgIpc) is 2.43. The molecule has 7 nitrogen and oxygen atoms in total. The van der Waals surface area contributed by atoms with E-state index in [2.05, 4.69) is 15.4 Å². The molecule has 0 aliphatic heterocycles. The van der Waals surface area contributed by atoms with Gasteiger partial charge in [-0.3, -0.25) is 10.1 Å². The number of nitro benzene ring substituents is 1.